The van der Waals surface area contributed by atoms with Gasteiger partial charge < -0.3 is 14.6 Å². The molecular formula is C28H28N4O5S2. The second kappa shape index (κ2) is 11.1. The van der Waals surface area contributed by atoms with Crippen LogP contribution in [0.3, 0.4) is 0 Å². The van der Waals surface area contributed by atoms with E-state index in [1.165, 1.54) is 46.8 Å². The number of ether oxygens (including phenoxy) is 1. The monoisotopic (exact) mass is 564 g/mol. The number of thiazole rings is 1. The Kier molecular flexibility index (Phi) is 7.65. The lowest BCUT2D eigenvalue weighted by Gasteiger charge is -2.30. The molecule has 0 spiro atoms. The van der Waals surface area contributed by atoms with Crippen LogP contribution in [-0.4, -0.2) is 45.1 Å². The van der Waals surface area contributed by atoms with Crippen molar-refractivity contribution in [3.8, 4) is 0 Å². The molecule has 9 nitrogen and oxygen atoms in total. The quantitative estimate of drug-likeness (QED) is 0.362. The zero-order valence-electron chi connectivity index (χ0n) is 21.6. The minimum absolute atomic E-state index is 0.123. The lowest BCUT2D eigenvalue weighted by Crippen LogP contribution is -2.35. The number of sulfonamides is 1. The number of aromatic nitrogens is 1. The fraction of sp³-hybridized carbons (Fsp3) is 0.250. The van der Waals surface area contributed by atoms with Crippen molar-refractivity contribution in [3.05, 3.63) is 82.7 Å². The van der Waals surface area contributed by atoms with Crippen molar-refractivity contribution in [1.29, 1.82) is 0 Å². The van der Waals surface area contributed by atoms with Crippen LogP contribution in [0.2, 0.25) is 0 Å². The van der Waals surface area contributed by atoms with Crippen molar-refractivity contribution < 1.29 is 22.7 Å². The molecule has 0 saturated heterocycles. The summed E-state index contributed by atoms with van der Waals surface area (Å²) in [5, 5.41) is 2.77. The van der Waals surface area contributed by atoms with E-state index in [0.29, 0.717) is 35.9 Å². The Balaban J connectivity index is 1.45. The second-order valence-corrected chi connectivity index (χ2v) is 12.0. The molecule has 0 bridgehead atoms. The Morgan fingerprint density at radius 3 is 2.59 bits per heavy atom. The first-order chi connectivity index (χ1) is 18.8. The summed E-state index contributed by atoms with van der Waals surface area (Å²) in [6.45, 7) is 2.76. The molecular weight excluding hydrogens is 536 g/mol. The molecule has 1 N–H and O–H groups in total. The second-order valence-electron chi connectivity index (χ2n) is 9.14. The van der Waals surface area contributed by atoms with Crippen LogP contribution in [-0.2, 0) is 32.5 Å². The summed E-state index contributed by atoms with van der Waals surface area (Å²) in [5.74, 6) is -0.657. The standard InChI is InChI=1S/C28H28N4O5S2/c1-19(33)29-22-11-14-25-26(18-22)38-28(31(25)16-17-37-2)30-27(34)21-9-12-23(13-10-21)39(35,36)32-15-5-7-20-6-3-4-8-24(20)32/h3-4,6,8-14,18H,5,7,15-17H2,1-2H3,(H,29,33). The van der Waals surface area contributed by atoms with Crippen molar-refractivity contribution in [2.24, 2.45) is 4.99 Å². The third-order valence-electron chi connectivity index (χ3n) is 6.48. The minimum Gasteiger partial charge on any atom is -0.383 e. The van der Waals surface area contributed by atoms with Gasteiger partial charge in [0.15, 0.2) is 4.80 Å². The van der Waals surface area contributed by atoms with Gasteiger partial charge in [-0.2, -0.15) is 4.99 Å². The lowest BCUT2D eigenvalue weighted by molar-refractivity contribution is -0.114. The maximum Gasteiger partial charge on any atom is 0.279 e. The van der Waals surface area contributed by atoms with E-state index in [0.717, 1.165) is 28.6 Å². The summed E-state index contributed by atoms with van der Waals surface area (Å²) in [7, 11) is -2.18. The molecule has 0 unspecified atom stereocenters. The van der Waals surface area contributed by atoms with Crippen molar-refractivity contribution in [2.45, 2.75) is 31.2 Å². The molecule has 1 aromatic heterocycles. The largest absolute Gasteiger partial charge is 0.383 e. The number of benzene rings is 3. The van der Waals surface area contributed by atoms with Gasteiger partial charge in [0.1, 0.15) is 0 Å². The molecule has 2 amide bonds. The lowest BCUT2D eigenvalue weighted by atomic mass is 10.0. The predicted molar refractivity (Wildman–Crippen MR) is 152 cm³/mol. The molecule has 0 aliphatic carbocycles. The first-order valence-corrected chi connectivity index (χ1v) is 14.7. The van der Waals surface area contributed by atoms with Gasteiger partial charge in [0.05, 0.1) is 27.4 Å². The van der Waals surface area contributed by atoms with Gasteiger partial charge in [-0.1, -0.05) is 29.5 Å². The normalized spacial score (nSPS) is 13.9. The first kappa shape index (κ1) is 26.8. The number of hydrogen-bond donors (Lipinski definition) is 1. The number of fused-ring (bicyclic) bond motifs is 2. The highest BCUT2D eigenvalue weighted by atomic mass is 32.2. The molecule has 202 valence electrons. The van der Waals surface area contributed by atoms with Crippen LogP contribution in [0.4, 0.5) is 11.4 Å². The number of anilines is 2. The van der Waals surface area contributed by atoms with E-state index in [-0.39, 0.29) is 16.4 Å². The number of amides is 2. The smallest absolute Gasteiger partial charge is 0.279 e. The van der Waals surface area contributed by atoms with Gasteiger partial charge in [0, 0.05) is 38.4 Å². The number of carbonyl (C=O) groups is 2. The summed E-state index contributed by atoms with van der Waals surface area (Å²) in [6.07, 6.45) is 1.59. The van der Waals surface area contributed by atoms with Gasteiger partial charge in [-0.25, -0.2) is 8.42 Å². The van der Waals surface area contributed by atoms with E-state index >= 15 is 0 Å². The Labute approximate surface area is 230 Å². The van der Waals surface area contributed by atoms with Gasteiger partial charge in [-0.3, -0.25) is 13.9 Å². The zero-order chi connectivity index (χ0) is 27.6. The van der Waals surface area contributed by atoms with E-state index in [4.69, 9.17) is 4.74 Å². The summed E-state index contributed by atoms with van der Waals surface area (Å²) >= 11 is 1.32. The number of carbonyl (C=O) groups excluding carboxylic acids is 2. The highest BCUT2D eigenvalue weighted by molar-refractivity contribution is 7.92. The molecule has 5 rings (SSSR count). The molecule has 4 aromatic rings. The third-order valence-corrected chi connectivity index (χ3v) is 9.34. The molecule has 39 heavy (non-hydrogen) atoms. The maximum absolute atomic E-state index is 13.4. The van der Waals surface area contributed by atoms with Gasteiger partial charge in [-0.05, 0) is 66.9 Å². The fourth-order valence-corrected chi connectivity index (χ4v) is 7.27. The van der Waals surface area contributed by atoms with Crippen molar-refractivity contribution in [3.63, 3.8) is 0 Å². The summed E-state index contributed by atoms with van der Waals surface area (Å²) < 4.78 is 36.3. The van der Waals surface area contributed by atoms with Crippen LogP contribution in [0, 0.1) is 0 Å². The van der Waals surface area contributed by atoms with Gasteiger partial charge in [0.2, 0.25) is 5.91 Å². The molecule has 0 saturated carbocycles. The molecule has 3 aromatic carbocycles. The van der Waals surface area contributed by atoms with Crippen LogP contribution >= 0.6 is 11.3 Å². The summed E-state index contributed by atoms with van der Waals surface area (Å²) in [5.41, 5.74) is 3.50. The minimum atomic E-state index is -3.78. The highest BCUT2D eigenvalue weighted by Gasteiger charge is 2.29. The predicted octanol–water partition coefficient (Wildman–Crippen LogP) is 4.19. The molecule has 1 aliphatic heterocycles. The van der Waals surface area contributed by atoms with Crippen LogP contribution in [0.5, 0.6) is 0 Å². The number of aryl methyl sites for hydroxylation is 1. The average molecular weight is 565 g/mol. The topological polar surface area (TPSA) is 110 Å². The Hall–Kier alpha value is -3.80. The summed E-state index contributed by atoms with van der Waals surface area (Å²) in [4.78, 5) is 29.6. The fourth-order valence-electron chi connectivity index (χ4n) is 4.64. The van der Waals surface area contributed by atoms with Gasteiger partial charge >= 0.3 is 0 Å². The molecule has 0 fully saturated rings. The van der Waals surface area contributed by atoms with Gasteiger partial charge in [0.25, 0.3) is 15.9 Å². The van der Waals surface area contributed by atoms with E-state index in [1.807, 2.05) is 41.0 Å². The number of nitrogens with zero attached hydrogens (tertiary/aromatic N) is 3. The van der Waals surface area contributed by atoms with Crippen molar-refractivity contribution in [1.82, 2.24) is 4.57 Å². The van der Waals surface area contributed by atoms with E-state index < -0.39 is 15.9 Å². The third kappa shape index (κ3) is 5.51. The van der Waals surface area contributed by atoms with Crippen LogP contribution in [0.1, 0.15) is 29.3 Å². The molecule has 2 heterocycles. The molecule has 0 atom stereocenters. The molecule has 0 radical (unpaired) electrons. The number of rotatable bonds is 7. The maximum atomic E-state index is 13.4. The Morgan fingerprint density at radius 1 is 1.08 bits per heavy atom. The SMILES string of the molecule is COCCn1c(=NC(=O)c2ccc(S(=O)(=O)N3CCCc4ccccc43)cc2)sc2cc(NC(C)=O)ccc21. The number of methoxy groups -OCH3 is 1. The summed E-state index contributed by atoms with van der Waals surface area (Å²) in [6, 6.07) is 18.9. The van der Waals surface area contributed by atoms with E-state index in [9.17, 15) is 18.0 Å². The highest BCUT2D eigenvalue weighted by Crippen LogP contribution is 2.32. The number of para-hydroxylation sites is 1. The molecule has 11 heteroatoms. The Morgan fingerprint density at radius 2 is 1.85 bits per heavy atom. The number of hydrogen-bond acceptors (Lipinski definition) is 6. The van der Waals surface area contributed by atoms with Crippen LogP contribution in [0.25, 0.3) is 10.2 Å². The van der Waals surface area contributed by atoms with Gasteiger partial charge in [-0.15, -0.1) is 0 Å². The van der Waals surface area contributed by atoms with Crippen LogP contribution < -0.4 is 14.4 Å². The average Bonchev–Trinajstić information content (AvgIpc) is 3.26. The molecule has 1 aliphatic rings. The first-order valence-electron chi connectivity index (χ1n) is 12.5. The van der Waals surface area contributed by atoms with Crippen LogP contribution in [0.15, 0.2) is 76.6 Å². The number of nitrogens with one attached hydrogen (secondary N) is 1. The van der Waals surface area contributed by atoms with Crippen molar-refractivity contribution in [2.75, 3.05) is 29.9 Å². The van der Waals surface area contributed by atoms with E-state index in [2.05, 4.69) is 10.3 Å². The van der Waals surface area contributed by atoms with Crippen molar-refractivity contribution >= 4 is 54.8 Å². The Bertz CT molecular complexity index is 1720. The van der Waals surface area contributed by atoms with E-state index in [1.54, 1.807) is 13.2 Å². The zero-order valence-corrected chi connectivity index (χ0v) is 23.2.